The van der Waals surface area contributed by atoms with Crippen molar-refractivity contribution in [1.29, 1.82) is 0 Å². The van der Waals surface area contributed by atoms with Crippen molar-refractivity contribution >= 4 is 5.91 Å². The Kier molecular flexibility index (Phi) is 3.60. The van der Waals surface area contributed by atoms with E-state index in [0.29, 0.717) is 13.0 Å². The Morgan fingerprint density at radius 1 is 1.39 bits per heavy atom. The van der Waals surface area contributed by atoms with Gasteiger partial charge >= 0.3 is 0 Å². The molecule has 0 saturated heterocycles. The van der Waals surface area contributed by atoms with E-state index in [1.165, 1.54) is 0 Å². The van der Waals surface area contributed by atoms with Crippen molar-refractivity contribution in [3.63, 3.8) is 0 Å². The van der Waals surface area contributed by atoms with E-state index in [1.807, 2.05) is 39.0 Å². The molecular weight excluding hydrogens is 226 g/mol. The third kappa shape index (κ3) is 3.25. The lowest BCUT2D eigenvalue weighted by molar-refractivity contribution is -0.123. The minimum Gasteiger partial charge on any atom is -0.493 e. The van der Waals surface area contributed by atoms with Crippen LogP contribution in [0, 0.1) is 0 Å². The molecule has 3 heteroatoms. The second kappa shape index (κ2) is 5.01. The summed E-state index contributed by atoms with van der Waals surface area (Å²) in [6, 6.07) is 8.01. The van der Waals surface area contributed by atoms with Crippen LogP contribution < -0.4 is 10.1 Å². The molecule has 1 heterocycles. The van der Waals surface area contributed by atoms with Gasteiger partial charge in [0.05, 0.1) is 6.61 Å². The molecular formula is C15H21NO2. The molecule has 0 spiro atoms. The van der Waals surface area contributed by atoms with Gasteiger partial charge < -0.3 is 10.1 Å². The molecule has 1 N–H and O–H groups in total. The molecule has 3 nitrogen and oxygen atoms in total. The molecule has 1 unspecified atom stereocenters. The molecule has 2 rings (SSSR count). The number of nitrogens with one attached hydrogen (secondary N) is 1. The Bertz CT molecular complexity index is 434. The van der Waals surface area contributed by atoms with E-state index < -0.39 is 0 Å². The highest BCUT2D eigenvalue weighted by Crippen LogP contribution is 2.35. The fourth-order valence-electron chi connectivity index (χ4n) is 2.32. The normalized spacial score (nSPS) is 18.7. The first-order valence-electron chi connectivity index (χ1n) is 6.48. The fourth-order valence-corrected chi connectivity index (χ4v) is 2.32. The maximum Gasteiger partial charge on any atom is 0.221 e. The number of para-hydroxylation sites is 1. The Morgan fingerprint density at radius 3 is 2.83 bits per heavy atom. The second-order valence-electron chi connectivity index (χ2n) is 5.87. The lowest BCUT2D eigenvalue weighted by Crippen LogP contribution is -2.41. The van der Waals surface area contributed by atoms with Gasteiger partial charge in [-0.3, -0.25) is 4.79 Å². The SMILES string of the molecule is CC(C)(C)NC(=O)CC1CCOc2ccccc21. The first-order chi connectivity index (χ1) is 8.46. The highest BCUT2D eigenvalue weighted by molar-refractivity contribution is 5.77. The van der Waals surface area contributed by atoms with Crippen LogP contribution in [0.2, 0.25) is 0 Å². The zero-order valence-corrected chi connectivity index (χ0v) is 11.3. The molecule has 0 aromatic heterocycles. The van der Waals surface area contributed by atoms with Crippen LogP contribution >= 0.6 is 0 Å². The van der Waals surface area contributed by atoms with Crippen molar-refractivity contribution in [1.82, 2.24) is 5.32 Å². The molecule has 1 aliphatic heterocycles. The molecule has 0 bridgehead atoms. The number of ether oxygens (including phenoxy) is 1. The van der Waals surface area contributed by atoms with Crippen molar-refractivity contribution in [3.05, 3.63) is 29.8 Å². The molecule has 0 fully saturated rings. The van der Waals surface area contributed by atoms with Crippen molar-refractivity contribution < 1.29 is 9.53 Å². The van der Waals surface area contributed by atoms with Gasteiger partial charge in [-0.2, -0.15) is 0 Å². The number of benzene rings is 1. The molecule has 0 aliphatic carbocycles. The summed E-state index contributed by atoms with van der Waals surface area (Å²) in [6.45, 7) is 6.71. The van der Waals surface area contributed by atoms with Crippen molar-refractivity contribution in [2.75, 3.05) is 6.61 Å². The summed E-state index contributed by atoms with van der Waals surface area (Å²) >= 11 is 0. The third-order valence-corrected chi connectivity index (χ3v) is 3.03. The summed E-state index contributed by atoms with van der Waals surface area (Å²) in [6.07, 6.45) is 1.45. The summed E-state index contributed by atoms with van der Waals surface area (Å²) in [5.74, 6) is 1.32. The number of rotatable bonds is 2. The zero-order valence-electron chi connectivity index (χ0n) is 11.3. The number of amides is 1. The average Bonchev–Trinajstić information content (AvgIpc) is 2.27. The Labute approximate surface area is 109 Å². The van der Waals surface area contributed by atoms with Gasteiger partial charge in [0.25, 0.3) is 0 Å². The van der Waals surface area contributed by atoms with Crippen LogP contribution in [0.15, 0.2) is 24.3 Å². The van der Waals surface area contributed by atoms with Gasteiger partial charge in [0.2, 0.25) is 5.91 Å². The van der Waals surface area contributed by atoms with Gasteiger partial charge in [0, 0.05) is 12.0 Å². The van der Waals surface area contributed by atoms with E-state index in [0.717, 1.165) is 17.7 Å². The number of carbonyl (C=O) groups is 1. The standard InChI is InChI=1S/C15H21NO2/c1-15(2,3)16-14(17)10-11-8-9-18-13-7-5-4-6-12(11)13/h4-7,11H,8-10H2,1-3H3,(H,16,17). The van der Waals surface area contributed by atoms with Crippen LogP contribution in [0.1, 0.15) is 45.1 Å². The molecule has 0 saturated carbocycles. The van der Waals surface area contributed by atoms with Crippen LogP contribution in [0.25, 0.3) is 0 Å². The molecule has 98 valence electrons. The Balaban J connectivity index is 2.05. The monoisotopic (exact) mass is 247 g/mol. The first-order valence-corrected chi connectivity index (χ1v) is 6.48. The van der Waals surface area contributed by atoms with Crippen LogP contribution in [0.4, 0.5) is 0 Å². The highest BCUT2D eigenvalue weighted by atomic mass is 16.5. The van der Waals surface area contributed by atoms with Gasteiger partial charge in [-0.15, -0.1) is 0 Å². The maximum absolute atomic E-state index is 12.0. The minimum atomic E-state index is -0.165. The predicted molar refractivity (Wildman–Crippen MR) is 71.8 cm³/mol. The topological polar surface area (TPSA) is 38.3 Å². The second-order valence-corrected chi connectivity index (χ2v) is 5.87. The van der Waals surface area contributed by atoms with Crippen molar-refractivity contribution in [2.24, 2.45) is 0 Å². The largest absolute Gasteiger partial charge is 0.493 e. The smallest absolute Gasteiger partial charge is 0.221 e. The van der Waals surface area contributed by atoms with Gasteiger partial charge in [-0.25, -0.2) is 0 Å². The van der Waals surface area contributed by atoms with E-state index in [2.05, 4.69) is 11.4 Å². The quantitative estimate of drug-likeness (QED) is 0.872. The fraction of sp³-hybridized carbons (Fsp3) is 0.533. The molecule has 1 aliphatic rings. The number of hydrogen-bond donors (Lipinski definition) is 1. The minimum absolute atomic E-state index is 0.115. The number of hydrogen-bond acceptors (Lipinski definition) is 2. The summed E-state index contributed by atoms with van der Waals surface area (Å²) in [5.41, 5.74) is 0.995. The van der Waals surface area contributed by atoms with E-state index in [4.69, 9.17) is 4.74 Å². The zero-order chi connectivity index (χ0) is 13.2. The lowest BCUT2D eigenvalue weighted by Gasteiger charge is -2.27. The van der Waals surface area contributed by atoms with Crippen LogP contribution in [0.3, 0.4) is 0 Å². The maximum atomic E-state index is 12.0. The number of fused-ring (bicyclic) bond motifs is 1. The van der Waals surface area contributed by atoms with Crippen molar-refractivity contribution in [3.8, 4) is 5.75 Å². The van der Waals surface area contributed by atoms with Crippen molar-refractivity contribution in [2.45, 2.75) is 45.1 Å². The highest BCUT2D eigenvalue weighted by Gasteiger charge is 2.24. The van der Waals surface area contributed by atoms with E-state index in [1.54, 1.807) is 0 Å². The van der Waals surface area contributed by atoms with Gasteiger partial charge in [-0.05, 0) is 44.7 Å². The Morgan fingerprint density at radius 2 is 2.11 bits per heavy atom. The van der Waals surface area contributed by atoms with Crippen LogP contribution in [0.5, 0.6) is 5.75 Å². The molecule has 18 heavy (non-hydrogen) atoms. The molecule has 1 atom stereocenters. The van der Waals surface area contributed by atoms with Crippen LogP contribution in [-0.4, -0.2) is 18.1 Å². The molecule has 1 aromatic rings. The molecule has 1 amide bonds. The summed E-state index contributed by atoms with van der Waals surface area (Å²) in [4.78, 5) is 12.0. The summed E-state index contributed by atoms with van der Waals surface area (Å²) < 4.78 is 5.60. The predicted octanol–water partition coefficient (Wildman–Crippen LogP) is 2.86. The summed E-state index contributed by atoms with van der Waals surface area (Å²) in [7, 11) is 0. The number of carbonyl (C=O) groups excluding carboxylic acids is 1. The van der Waals surface area contributed by atoms with Gasteiger partial charge in [-0.1, -0.05) is 18.2 Å². The molecule has 1 aromatic carbocycles. The van der Waals surface area contributed by atoms with Gasteiger partial charge in [0.1, 0.15) is 5.75 Å². The third-order valence-electron chi connectivity index (χ3n) is 3.03. The average molecular weight is 247 g/mol. The summed E-state index contributed by atoms with van der Waals surface area (Å²) in [5, 5.41) is 3.02. The molecule has 0 radical (unpaired) electrons. The van der Waals surface area contributed by atoms with E-state index in [-0.39, 0.29) is 17.4 Å². The first kappa shape index (κ1) is 12.9. The Hall–Kier alpha value is -1.51. The van der Waals surface area contributed by atoms with Crippen LogP contribution in [-0.2, 0) is 4.79 Å². The van der Waals surface area contributed by atoms with E-state index >= 15 is 0 Å². The van der Waals surface area contributed by atoms with Gasteiger partial charge in [0.15, 0.2) is 0 Å². The lowest BCUT2D eigenvalue weighted by atomic mass is 9.89. The van der Waals surface area contributed by atoms with E-state index in [9.17, 15) is 4.79 Å².